The van der Waals surface area contributed by atoms with Gasteiger partial charge in [0.05, 0.1) is 12.5 Å². The van der Waals surface area contributed by atoms with Crippen LogP contribution in [0, 0.1) is 18.3 Å². The number of imide groups is 1. The molecule has 1 heterocycles. The summed E-state index contributed by atoms with van der Waals surface area (Å²) < 4.78 is 0. The molecule has 4 amide bonds. The van der Waals surface area contributed by atoms with Gasteiger partial charge in [-0.1, -0.05) is 55.0 Å². The van der Waals surface area contributed by atoms with Crippen molar-refractivity contribution in [2.75, 3.05) is 18.0 Å². The Hall–Kier alpha value is -3.66. The molecule has 2 aromatic rings. The fraction of sp³-hybridized carbons (Fsp3) is 0.304. The van der Waals surface area contributed by atoms with Gasteiger partial charge < -0.3 is 10.2 Å². The van der Waals surface area contributed by atoms with E-state index in [-0.39, 0.29) is 13.0 Å². The van der Waals surface area contributed by atoms with Crippen LogP contribution < -0.4 is 10.2 Å². The third-order valence-corrected chi connectivity index (χ3v) is 5.36. The summed E-state index contributed by atoms with van der Waals surface area (Å²) >= 11 is 0. The topological polar surface area (TPSA) is 93.5 Å². The van der Waals surface area contributed by atoms with Crippen molar-refractivity contribution >= 4 is 23.5 Å². The summed E-state index contributed by atoms with van der Waals surface area (Å²) in [6.07, 6.45) is 0.505. The highest BCUT2D eigenvalue weighted by Gasteiger charge is 2.51. The standard InChI is InChI=1S/C23H24N4O3/c1-3-23(18-8-5-4-6-9-18)21(29)27(22(30)25-23)16-20(28)26(15-7-14-24)19-12-10-17(2)11-13-19/h4-6,8-13H,3,7,15-16H2,1-2H3,(H,25,30)/t23-/m0/s1. The lowest BCUT2D eigenvalue weighted by atomic mass is 9.87. The molecule has 0 bridgehead atoms. The summed E-state index contributed by atoms with van der Waals surface area (Å²) in [6.45, 7) is 3.55. The van der Waals surface area contributed by atoms with Crippen molar-refractivity contribution in [3.05, 3.63) is 65.7 Å². The SMILES string of the molecule is CC[C@@]1(c2ccccc2)NC(=O)N(CC(=O)N(CCC#N)c2ccc(C)cc2)C1=O. The van der Waals surface area contributed by atoms with Gasteiger partial charge in [-0.3, -0.25) is 14.5 Å². The number of urea groups is 1. The van der Waals surface area contributed by atoms with Gasteiger partial charge in [0.15, 0.2) is 0 Å². The van der Waals surface area contributed by atoms with E-state index in [0.29, 0.717) is 17.7 Å². The van der Waals surface area contributed by atoms with Crippen molar-refractivity contribution in [2.45, 2.75) is 32.2 Å². The number of amides is 4. The van der Waals surface area contributed by atoms with Crippen LogP contribution in [0.15, 0.2) is 54.6 Å². The number of aryl methyl sites for hydroxylation is 1. The second kappa shape index (κ2) is 8.78. The van der Waals surface area contributed by atoms with E-state index in [4.69, 9.17) is 5.26 Å². The number of carbonyl (C=O) groups is 3. The predicted octanol–water partition coefficient (Wildman–Crippen LogP) is 3.10. The van der Waals surface area contributed by atoms with E-state index in [1.54, 1.807) is 36.4 Å². The summed E-state index contributed by atoms with van der Waals surface area (Å²) in [5.41, 5.74) is 1.16. The number of hydrogen-bond donors (Lipinski definition) is 1. The largest absolute Gasteiger partial charge is 0.325 e. The zero-order valence-electron chi connectivity index (χ0n) is 17.1. The Morgan fingerprint density at radius 1 is 1.13 bits per heavy atom. The Morgan fingerprint density at radius 2 is 1.80 bits per heavy atom. The molecule has 1 saturated heterocycles. The molecule has 7 nitrogen and oxygen atoms in total. The monoisotopic (exact) mass is 404 g/mol. The van der Waals surface area contributed by atoms with Crippen LogP contribution in [0.2, 0.25) is 0 Å². The van der Waals surface area contributed by atoms with E-state index < -0.39 is 29.9 Å². The van der Waals surface area contributed by atoms with Crippen molar-refractivity contribution in [3.63, 3.8) is 0 Å². The second-order valence-corrected chi connectivity index (χ2v) is 7.24. The molecular weight excluding hydrogens is 380 g/mol. The zero-order valence-corrected chi connectivity index (χ0v) is 17.1. The third-order valence-electron chi connectivity index (χ3n) is 5.36. The quantitative estimate of drug-likeness (QED) is 0.718. The molecule has 7 heteroatoms. The molecule has 0 saturated carbocycles. The van der Waals surface area contributed by atoms with Crippen LogP contribution in [0.1, 0.15) is 30.9 Å². The van der Waals surface area contributed by atoms with Crippen LogP contribution in [-0.2, 0) is 15.1 Å². The maximum atomic E-state index is 13.2. The molecule has 2 aromatic carbocycles. The van der Waals surface area contributed by atoms with Gasteiger partial charge in [0.2, 0.25) is 5.91 Å². The smallest absolute Gasteiger partial charge is 0.319 e. The lowest BCUT2D eigenvalue weighted by Crippen LogP contribution is -2.46. The molecular formula is C23H24N4O3. The minimum absolute atomic E-state index is 0.142. The molecule has 1 aliphatic heterocycles. The first-order chi connectivity index (χ1) is 14.4. The molecule has 0 aliphatic carbocycles. The number of nitrogens with one attached hydrogen (secondary N) is 1. The van der Waals surface area contributed by atoms with Gasteiger partial charge in [0.25, 0.3) is 5.91 Å². The Labute approximate surface area is 175 Å². The van der Waals surface area contributed by atoms with Gasteiger partial charge in [-0.15, -0.1) is 0 Å². The van der Waals surface area contributed by atoms with E-state index in [2.05, 4.69) is 5.32 Å². The van der Waals surface area contributed by atoms with Crippen LogP contribution in [-0.4, -0.2) is 35.8 Å². The van der Waals surface area contributed by atoms with Crippen molar-refractivity contribution in [3.8, 4) is 6.07 Å². The summed E-state index contributed by atoms with van der Waals surface area (Å²) in [5, 5.41) is 11.7. The van der Waals surface area contributed by atoms with E-state index in [0.717, 1.165) is 10.5 Å². The van der Waals surface area contributed by atoms with E-state index in [9.17, 15) is 14.4 Å². The average molecular weight is 404 g/mol. The van der Waals surface area contributed by atoms with E-state index in [1.807, 2.05) is 38.1 Å². The van der Waals surface area contributed by atoms with Crippen LogP contribution in [0.3, 0.4) is 0 Å². The minimum atomic E-state index is -1.18. The Morgan fingerprint density at radius 3 is 2.40 bits per heavy atom. The summed E-state index contributed by atoms with van der Waals surface area (Å²) in [5.74, 6) is -0.865. The van der Waals surface area contributed by atoms with E-state index >= 15 is 0 Å². The second-order valence-electron chi connectivity index (χ2n) is 7.24. The molecule has 3 rings (SSSR count). The molecule has 0 spiro atoms. The summed E-state index contributed by atoms with van der Waals surface area (Å²) in [7, 11) is 0. The van der Waals surface area contributed by atoms with Gasteiger partial charge >= 0.3 is 6.03 Å². The van der Waals surface area contributed by atoms with Gasteiger partial charge in [-0.05, 0) is 31.0 Å². The predicted molar refractivity (Wildman–Crippen MR) is 112 cm³/mol. The van der Waals surface area contributed by atoms with E-state index in [1.165, 1.54) is 4.90 Å². The van der Waals surface area contributed by atoms with Crippen LogP contribution in [0.4, 0.5) is 10.5 Å². The fourth-order valence-corrected chi connectivity index (χ4v) is 3.64. The number of carbonyl (C=O) groups excluding carboxylic acids is 3. The molecule has 1 fully saturated rings. The summed E-state index contributed by atoms with van der Waals surface area (Å²) in [4.78, 5) is 41.4. The Kier molecular flexibility index (Phi) is 6.17. The molecule has 30 heavy (non-hydrogen) atoms. The Balaban J connectivity index is 1.85. The molecule has 1 aliphatic rings. The summed E-state index contributed by atoms with van der Waals surface area (Å²) in [6, 6.07) is 17.8. The van der Waals surface area contributed by atoms with Crippen molar-refractivity contribution < 1.29 is 14.4 Å². The van der Waals surface area contributed by atoms with Gasteiger partial charge in [0, 0.05) is 12.2 Å². The first kappa shape index (κ1) is 21.1. The molecule has 1 atom stereocenters. The minimum Gasteiger partial charge on any atom is -0.319 e. The first-order valence-corrected chi connectivity index (χ1v) is 9.86. The Bertz CT molecular complexity index is 982. The number of anilines is 1. The highest BCUT2D eigenvalue weighted by atomic mass is 16.2. The third kappa shape index (κ3) is 3.90. The highest BCUT2D eigenvalue weighted by Crippen LogP contribution is 2.32. The number of hydrogen-bond acceptors (Lipinski definition) is 4. The molecule has 0 unspecified atom stereocenters. The van der Waals surface area contributed by atoms with Crippen molar-refractivity contribution in [1.29, 1.82) is 5.26 Å². The average Bonchev–Trinajstić information content (AvgIpc) is 3.01. The first-order valence-electron chi connectivity index (χ1n) is 9.86. The molecule has 0 aromatic heterocycles. The fourth-order valence-electron chi connectivity index (χ4n) is 3.64. The number of benzene rings is 2. The van der Waals surface area contributed by atoms with Crippen LogP contribution in [0.25, 0.3) is 0 Å². The van der Waals surface area contributed by atoms with Crippen LogP contribution >= 0.6 is 0 Å². The molecule has 1 N–H and O–H groups in total. The maximum absolute atomic E-state index is 13.2. The van der Waals surface area contributed by atoms with Gasteiger partial charge in [-0.2, -0.15) is 5.26 Å². The van der Waals surface area contributed by atoms with Gasteiger partial charge in [0.1, 0.15) is 12.1 Å². The van der Waals surface area contributed by atoms with Gasteiger partial charge in [-0.25, -0.2) is 4.79 Å². The lowest BCUT2D eigenvalue weighted by molar-refractivity contribution is -0.134. The van der Waals surface area contributed by atoms with Crippen LogP contribution in [0.5, 0.6) is 0 Å². The zero-order chi connectivity index (χ0) is 21.7. The number of rotatable bonds is 7. The van der Waals surface area contributed by atoms with Crippen molar-refractivity contribution in [1.82, 2.24) is 10.2 Å². The number of nitrogens with zero attached hydrogens (tertiary/aromatic N) is 3. The maximum Gasteiger partial charge on any atom is 0.325 e. The highest BCUT2D eigenvalue weighted by molar-refractivity contribution is 6.10. The van der Waals surface area contributed by atoms with Crippen molar-refractivity contribution in [2.24, 2.45) is 0 Å². The molecule has 0 radical (unpaired) electrons. The molecule has 154 valence electrons. The number of nitriles is 1. The normalized spacial score (nSPS) is 18.1. The lowest BCUT2D eigenvalue weighted by Gasteiger charge is -2.27.